The van der Waals surface area contributed by atoms with Gasteiger partial charge in [-0.2, -0.15) is 0 Å². The molecule has 0 aromatic carbocycles. The van der Waals surface area contributed by atoms with Crippen LogP contribution in [0.1, 0.15) is 13.3 Å². The summed E-state index contributed by atoms with van der Waals surface area (Å²) in [7, 11) is 0. The molecule has 4 heteroatoms. The topological polar surface area (TPSA) is 21.3 Å². The SMILES string of the molecule is C=C/C=C\C=C(/C)OC1CCNCC1(F)F. The van der Waals surface area contributed by atoms with Crippen LogP contribution in [0.3, 0.4) is 0 Å². The molecule has 0 bridgehead atoms. The summed E-state index contributed by atoms with van der Waals surface area (Å²) in [6.45, 7) is 5.44. The lowest BCUT2D eigenvalue weighted by atomic mass is 10.1. The number of allylic oxidation sites excluding steroid dienone is 5. The maximum atomic E-state index is 13.4. The first kappa shape index (κ1) is 12.9. The number of hydrogen-bond donors (Lipinski definition) is 1. The molecule has 0 aliphatic carbocycles. The third-order valence-corrected chi connectivity index (χ3v) is 2.32. The van der Waals surface area contributed by atoms with Crippen LogP contribution in [-0.2, 0) is 4.74 Å². The van der Waals surface area contributed by atoms with Crippen molar-refractivity contribution in [1.82, 2.24) is 5.32 Å². The van der Waals surface area contributed by atoms with Crippen LogP contribution in [0.2, 0.25) is 0 Å². The maximum absolute atomic E-state index is 13.4. The van der Waals surface area contributed by atoms with Gasteiger partial charge in [-0.25, -0.2) is 8.78 Å². The largest absolute Gasteiger partial charge is 0.489 e. The minimum atomic E-state index is -2.80. The molecule has 1 rings (SSSR count). The maximum Gasteiger partial charge on any atom is 0.296 e. The fraction of sp³-hybridized carbons (Fsp3) is 0.500. The summed E-state index contributed by atoms with van der Waals surface area (Å²) < 4.78 is 32.0. The summed E-state index contributed by atoms with van der Waals surface area (Å²) in [4.78, 5) is 0. The molecule has 0 spiro atoms. The van der Waals surface area contributed by atoms with E-state index in [9.17, 15) is 8.78 Å². The highest BCUT2D eigenvalue weighted by Crippen LogP contribution is 2.27. The van der Waals surface area contributed by atoms with E-state index in [0.717, 1.165) is 0 Å². The van der Waals surface area contributed by atoms with E-state index in [4.69, 9.17) is 4.74 Å². The monoisotopic (exact) mass is 229 g/mol. The summed E-state index contributed by atoms with van der Waals surface area (Å²) in [6, 6.07) is 0. The van der Waals surface area contributed by atoms with Gasteiger partial charge in [0, 0.05) is 6.42 Å². The van der Waals surface area contributed by atoms with Crippen molar-refractivity contribution in [3.05, 3.63) is 36.6 Å². The van der Waals surface area contributed by atoms with Gasteiger partial charge >= 0.3 is 0 Å². The van der Waals surface area contributed by atoms with Gasteiger partial charge in [0.25, 0.3) is 5.92 Å². The number of piperidine rings is 1. The van der Waals surface area contributed by atoms with E-state index in [1.54, 1.807) is 31.2 Å². The minimum absolute atomic E-state index is 0.312. The number of alkyl halides is 2. The van der Waals surface area contributed by atoms with Gasteiger partial charge in [-0.1, -0.05) is 24.8 Å². The Morgan fingerprint density at radius 3 is 2.88 bits per heavy atom. The normalized spacial score (nSPS) is 25.7. The van der Waals surface area contributed by atoms with Crippen molar-refractivity contribution in [3.8, 4) is 0 Å². The molecule has 16 heavy (non-hydrogen) atoms. The molecule has 0 radical (unpaired) electrons. The lowest BCUT2D eigenvalue weighted by molar-refractivity contribution is -0.130. The molecular formula is C12H17F2NO. The van der Waals surface area contributed by atoms with Crippen molar-refractivity contribution >= 4 is 0 Å². The summed E-state index contributed by atoms with van der Waals surface area (Å²) >= 11 is 0. The second-order valence-electron chi connectivity index (χ2n) is 3.73. The van der Waals surface area contributed by atoms with Crippen molar-refractivity contribution < 1.29 is 13.5 Å². The van der Waals surface area contributed by atoms with Gasteiger partial charge in [0.1, 0.15) is 0 Å². The molecule has 2 nitrogen and oxygen atoms in total. The molecule has 1 saturated heterocycles. The Labute approximate surface area is 94.7 Å². The molecule has 1 heterocycles. The molecule has 1 atom stereocenters. The molecule has 1 aliphatic rings. The van der Waals surface area contributed by atoms with Crippen LogP contribution < -0.4 is 5.32 Å². The van der Waals surface area contributed by atoms with Crippen molar-refractivity contribution in [2.75, 3.05) is 13.1 Å². The van der Waals surface area contributed by atoms with Crippen LogP contribution in [-0.4, -0.2) is 25.1 Å². The fourth-order valence-electron chi connectivity index (χ4n) is 1.49. The second kappa shape index (κ2) is 5.80. The molecule has 1 aliphatic heterocycles. The zero-order chi connectivity index (χ0) is 12.0. The highest BCUT2D eigenvalue weighted by atomic mass is 19.3. The van der Waals surface area contributed by atoms with Crippen molar-refractivity contribution in [2.24, 2.45) is 0 Å². The predicted octanol–water partition coefficient (Wildman–Crippen LogP) is 2.65. The first-order chi connectivity index (χ1) is 7.56. The molecule has 1 N–H and O–H groups in total. The minimum Gasteiger partial charge on any atom is -0.489 e. The molecule has 0 aromatic rings. The molecule has 1 fully saturated rings. The first-order valence-corrected chi connectivity index (χ1v) is 5.27. The lowest BCUT2D eigenvalue weighted by Crippen LogP contribution is -2.50. The van der Waals surface area contributed by atoms with Crippen LogP contribution in [0.15, 0.2) is 36.6 Å². The summed E-state index contributed by atoms with van der Waals surface area (Å²) in [5.41, 5.74) is 0. The Hall–Kier alpha value is -1.16. The van der Waals surface area contributed by atoms with Gasteiger partial charge in [0.15, 0.2) is 6.10 Å². The summed E-state index contributed by atoms with van der Waals surface area (Å²) in [5.74, 6) is -2.31. The van der Waals surface area contributed by atoms with Gasteiger partial charge in [-0.15, -0.1) is 0 Å². The number of hydrogen-bond acceptors (Lipinski definition) is 2. The van der Waals surface area contributed by atoms with Crippen LogP contribution in [0.5, 0.6) is 0 Å². The molecule has 90 valence electrons. The van der Waals surface area contributed by atoms with Gasteiger partial charge in [0.05, 0.1) is 12.3 Å². The zero-order valence-corrected chi connectivity index (χ0v) is 9.38. The van der Waals surface area contributed by atoms with Crippen LogP contribution in [0.25, 0.3) is 0 Å². The zero-order valence-electron chi connectivity index (χ0n) is 9.38. The molecule has 0 aromatic heterocycles. The first-order valence-electron chi connectivity index (χ1n) is 5.27. The van der Waals surface area contributed by atoms with Gasteiger partial charge < -0.3 is 10.1 Å². The quantitative estimate of drug-likeness (QED) is 0.591. The summed E-state index contributed by atoms with van der Waals surface area (Å²) in [6.07, 6.45) is 5.99. The molecule has 0 amide bonds. The summed E-state index contributed by atoms with van der Waals surface area (Å²) in [5, 5.41) is 2.65. The van der Waals surface area contributed by atoms with Crippen molar-refractivity contribution in [3.63, 3.8) is 0 Å². The number of halogens is 2. The Bertz CT molecular complexity index is 297. The van der Waals surface area contributed by atoms with Crippen LogP contribution >= 0.6 is 0 Å². The molecule has 1 unspecified atom stereocenters. The third-order valence-electron chi connectivity index (χ3n) is 2.32. The van der Waals surface area contributed by atoms with Crippen molar-refractivity contribution in [2.45, 2.75) is 25.4 Å². The predicted molar refractivity (Wildman–Crippen MR) is 60.4 cm³/mol. The van der Waals surface area contributed by atoms with E-state index in [2.05, 4.69) is 11.9 Å². The van der Waals surface area contributed by atoms with Crippen LogP contribution in [0.4, 0.5) is 8.78 Å². The lowest BCUT2D eigenvalue weighted by Gasteiger charge is -2.32. The third kappa shape index (κ3) is 3.77. The van der Waals surface area contributed by atoms with Gasteiger partial charge in [-0.3, -0.25) is 0 Å². The van der Waals surface area contributed by atoms with E-state index >= 15 is 0 Å². The smallest absolute Gasteiger partial charge is 0.296 e. The number of ether oxygens (including phenoxy) is 1. The Morgan fingerprint density at radius 2 is 2.25 bits per heavy atom. The second-order valence-corrected chi connectivity index (χ2v) is 3.73. The highest BCUT2D eigenvalue weighted by Gasteiger charge is 2.43. The Balaban J connectivity index is 2.54. The Morgan fingerprint density at radius 1 is 1.50 bits per heavy atom. The Kier molecular flexibility index (Phi) is 4.68. The van der Waals surface area contributed by atoms with Crippen molar-refractivity contribution in [1.29, 1.82) is 0 Å². The molecule has 0 saturated carbocycles. The van der Waals surface area contributed by atoms with E-state index < -0.39 is 12.0 Å². The number of rotatable bonds is 4. The average Bonchev–Trinajstić information content (AvgIpc) is 2.21. The van der Waals surface area contributed by atoms with E-state index in [-0.39, 0.29) is 6.54 Å². The van der Waals surface area contributed by atoms with Crippen LogP contribution in [0, 0.1) is 0 Å². The fourth-order valence-corrected chi connectivity index (χ4v) is 1.49. The van der Waals surface area contributed by atoms with Gasteiger partial charge in [-0.05, 0) is 19.5 Å². The van der Waals surface area contributed by atoms with E-state index in [1.807, 2.05) is 0 Å². The van der Waals surface area contributed by atoms with E-state index in [1.165, 1.54) is 0 Å². The van der Waals surface area contributed by atoms with E-state index in [0.29, 0.717) is 18.7 Å². The number of nitrogens with one attached hydrogen (secondary N) is 1. The van der Waals surface area contributed by atoms with Gasteiger partial charge in [0.2, 0.25) is 0 Å². The highest BCUT2D eigenvalue weighted by molar-refractivity contribution is 5.11. The average molecular weight is 229 g/mol. The standard InChI is InChI=1S/C12H17F2NO/c1-3-4-5-6-10(2)16-11-7-8-15-9-12(11,13)14/h3-6,11,15H,1,7-9H2,2H3/b5-4-,10-6+. The molecular weight excluding hydrogens is 212 g/mol.